The van der Waals surface area contributed by atoms with Gasteiger partial charge in [-0.3, -0.25) is 0 Å². The van der Waals surface area contributed by atoms with E-state index in [2.05, 4.69) is 29.3 Å². The molecule has 27 heavy (non-hydrogen) atoms. The van der Waals surface area contributed by atoms with E-state index in [1.165, 1.54) is 10.4 Å². The minimum absolute atomic E-state index is 0.151. The smallest absolute Gasteiger partial charge is 0.143 e. The van der Waals surface area contributed by atoms with Gasteiger partial charge in [-0.1, -0.05) is 23.8 Å². The molecule has 1 heterocycles. The van der Waals surface area contributed by atoms with E-state index in [1.54, 1.807) is 12.1 Å². The van der Waals surface area contributed by atoms with Crippen molar-refractivity contribution in [2.24, 2.45) is 0 Å². The molecule has 0 aliphatic heterocycles. The highest BCUT2D eigenvalue weighted by molar-refractivity contribution is 5.76. The SMILES string of the molecule is Cc1cc(C)c(Oc2ccc3nn(-c4ccc(C)cc4O)nc3c2)c(C)c1. The molecule has 5 nitrogen and oxygen atoms in total. The van der Waals surface area contributed by atoms with E-state index in [9.17, 15) is 5.11 Å². The first-order chi connectivity index (χ1) is 12.9. The Balaban J connectivity index is 1.71. The fourth-order valence-electron chi connectivity index (χ4n) is 3.31. The monoisotopic (exact) mass is 359 g/mol. The molecule has 5 heteroatoms. The van der Waals surface area contributed by atoms with Crippen molar-refractivity contribution in [1.82, 2.24) is 15.0 Å². The second-order valence-electron chi connectivity index (χ2n) is 6.96. The highest BCUT2D eigenvalue weighted by Gasteiger charge is 2.11. The lowest BCUT2D eigenvalue weighted by Crippen LogP contribution is -1.98. The quantitative estimate of drug-likeness (QED) is 0.549. The second-order valence-corrected chi connectivity index (χ2v) is 6.96. The molecule has 0 fully saturated rings. The van der Waals surface area contributed by atoms with Crippen LogP contribution in [0, 0.1) is 27.7 Å². The molecular weight excluding hydrogens is 338 g/mol. The summed E-state index contributed by atoms with van der Waals surface area (Å²) in [7, 11) is 0. The summed E-state index contributed by atoms with van der Waals surface area (Å²) in [5, 5.41) is 19.1. The Morgan fingerprint density at radius 2 is 1.48 bits per heavy atom. The molecule has 0 aliphatic carbocycles. The zero-order chi connectivity index (χ0) is 19.1. The molecule has 4 aromatic rings. The summed E-state index contributed by atoms with van der Waals surface area (Å²) < 4.78 is 6.13. The Morgan fingerprint density at radius 1 is 0.778 bits per heavy atom. The Kier molecular flexibility index (Phi) is 4.07. The van der Waals surface area contributed by atoms with Crippen LogP contribution in [0.2, 0.25) is 0 Å². The molecule has 0 bridgehead atoms. The zero-order valence-electron chi connectivity index (χ0n) is 15.8. The van der Waals surface area contributed by atoms with E-state index in [1.807, 2.05) is 45.0 Å². The minimum Gasteiger partial charge on any atom is -0.506 e. The minimum atomic E-state index is 0.151. The van der Waals surface area contributed by atoms with Gasteiger partial charge in [0.25, 0.3) is 0 Å². The van der Waals surface area contributed by atoms with Gasteiger partial charge in [-0.25, -0.2) is 0 Å². The average molecular weight is 359 g/mol. The first-order valence-electron chi connectivity index (χ1n) is 8.83. The predicted molar refractivity (Wildman–Crippen MR) is 106 cm³/mol. The lowest BCUT2D eigenvalue weighted by atomic mass is 10.1. The van der Waals surface area contributed by atoms with Crippen LogP contribution >= 0.6 is 0 Å². The molecule has 136 valence electrons. The number of hydrogen-bond acceptors (Lipinski definition) is 4. The van der Waals surface area contributed by atoms with Gasteiger partial charge < -0.3 is 9.84 Å². The Bertz CT molecular complexity index is 1140. The summed E-state index contributed by atoms with van der Waals surface area (Å²) in [5.41, 5.74) is 6.38. The molecule has 3 aromatic carbocycles. The van der Waals surface area contributed by atoms with E-state index < -0.39 is 0 Å². The van der Waals surface area contributed by atoms with Gasteiger partial charge in [-0.2, -0.15) is 0 Å². The number of aryl methyl sites for hydroxylation is 4. The largest absolute Gasteiger partial charge is 0.506 e. The molecule has 1 aromatic heterocycles. The van der Waals surface area contributed by atoms with Crippen LogP contribution in [0.15, 0.2) is 48.5 Å². The van der Waals surface area contributed by atoms with Crippen LogP contribution in [0.5, 0.6) is 17.2 Å². The van der Waals surface area contributed by atoms with E-state index in [-0.39, 0.29) is 5.75 Å². The molecule has 0 aliphatic rings. The van der Waals surface area contributed by atoms with Gasteiger partial charge in [0.15, 0.2) is 0 Å². The Labute approximate surface area is 157 Å². The van der Waals surface area contributed by atoms with E-state index in [4.69, 9.17) is 4.74 Å². The number of hydrogen-bond donors (Lipinski definition) is 1. The van der Waals surface area contributed by atoms with Crippen molar-refractivity contribution in [3.8, 4) is 22.9 Å². The maximum absolute atomic E-state index is 10.2. The molecule has 0 saturated heterocycles. The van der Waals surface area contributed by atoms with Crippen molar-refractivity contribution in [3.63, 3.8) is 0 Å². The summed E-state index contributed by atoms with van der Waals surface area (Å²) in [6.45, 7) is 8.10. The molecule has 0 unspecified atom stereocenters. The van der Waals surface area contributed by atoms with Crippen LogP contribution in [0.1, 0.15) is 22.3 Å². The van der Waals surface area contributed by atoms with Gasteiger partial charge in [-0.15, -0.1) is 15.0 Å². The highest BCUT2D eigenvalue weighted by atomic mass is 16.5. The second kappa shape index (κ2) is 6.43. The lowest BCUT2D eigenvalue weighted by Gasteiger charge is -2.12. The zero-order valence-corrected chi connectivity index (χ0v) is 15.8. The van der Waals surface area contributed by atoms with Gasteiger partial charge in [0.05, 0.1) is 0 Å². The molecule has 1 N–H and O–H groups in total. The average Bonchev–Trinajstić information content (AvgIpc) is 3.01. The van der Waals surface area contributed by atoms with E-state index in [0.29, 0.717) is 17.0 Å². The fraction of sp³-hybridized carbons (Fsp3) is 0.182. The predicted octanol–water partition coefficient (Wildman–Crippen LogP) is 5.15. The molecule has 0 saturated carbocycles. The summed E-state index contributed by atoms with van der Waals surface area (Å²) in [5.74, 6) is 1.72. The van der Waals surface area contributed by atoms with Gasteiger partial charge in [0.1, 0.15) is 34.0 Å². The van der Waals surface area contributed by atoms with Gasteiger partial charge >= 0.3 is 0 Å². The maximum Gasteiger partial charge on any atom is 0.143 e. The lowest BCUT2D eigenvalue weighted by molar-refractivity contribution is 0.467. The summed E-state index contributed by atoms with van der Waals surface area (Å²) in [6.07, 6.45) is 0. The van der Waals surface area contributed by atoms with Crippen LogP contribution in [0.25, 0.3) is 16.7 Å². The van der Waals surface area contributed by atoms with Crippen molar-refractivity contribution in [3.05, 3.63) is 70.8 Å². The number of fused-ring (bicyclic) bond motifs is 1. The number of phenolic OH excluding ortho intramolecular Hbond substituents is 1. The highest BCUT2D eigenvalue weighted by Crippen LogP contribution is 2.31. The van der Waals surface area contributed by atoms with Crippen LogP contribution in [0.3, 0.4) is 0 Å². The third-order valence-corrected chi connectivity index (χ3v) is 4.52. The summed E-state index contributed by atoms with van der Waals surface area (Å²) in [6, 6.07) is 15.3. The third-order valence-electron chi connectivity index (χ3n) is 4.52. The van der Waals surface area contributed by atoms with Crippen LogP contribution in [0.4, 0.5) is 0 Å². The van der Waals surface area contributed by atoms with Crippen LogP contribution in [-0.2, 0) is 0 Å². The summed E-state index contributed by atoms with van der Waals surface area (Å²) in [4.78, 5) is 1.45. The number of nitrogens with zero attached hydrogens (tertiary/aromatic N) is 3. The maximum atomic E-state index is 10.2. The Morgan fingerprint density at radius 3 is 2.19 bits per heavy atom. The van der Waals surface area contributed by atoms with E-state index in [0.717, 1.165) is 28.0 Å². The summed E-state index contributed by atoms with van der Waals surface area (Å²) >= 11 is 0. The standard InChI is InChI=1S/C22H21N3O2/c1-13-5-8-20(21(26)11-13)25-23-18-7-6-17(12-19(18)24-25)27-22-15(3)9-14(2)10-16(22)4/h5-12,26H,1-4H3. The topological polar surface area (TPSA) is 60.2 Å². The van der Waals surface area contributed by atoms with Gasteiger partial charge in [-0.05, 0) is 68.7 Å². The normalized spacial score (nSPS) is 11.1. The third kappa shape index (κ3) is 3.24. The first-order valence-corrected chi connectivity index (χ1v) is 8.83. The Hall–Kier alpha value is -3.34. The van der Waals surface area contributed by atoms with Gasteiger partial charge in [0.2, 0.25) is 0 Å². The van der Waals surface area contributed by atoms with Crippen LogP contribution in [-0.4, -0.2) is 20.1 Å². The molecular formula is C22H21N3O2. The van der Waals surface area contributed by atoms with Crippen molar-refractivity contribution in [1.29, 1.82) is 0 Å². The first kappa shape index (κ1) is 17.1. The van der Waals surface area contributed by atoms with E-state index >= 15 is 0 Å². The molecule has 0 amide bonds. The van der Waals surface area contributed by atoms with Gasteiger partial charge in [0, 0.05) is 6.07 Å². The number of ether oxygens (including phenoxy) is 1. The van der Waals surface area contributed by atoms with Crippen molar-refractivity contribution >= 4 is 11.0 Å². The molecule has 4 rings (SSSR count). The number of aromatic hydroxyl groups is 1. The molecule has 0 radical (unpaired) electrons. The van der Waals surface area contributed by atoms with Crippen molar-refractivity contribution < 1.29 is 9.84 Å². The fourth-order valence-corrected chi connectivity index (χ4v) is 3.31. The van der Waals surface area contributed by atoms with Crippen LogP contribution < -0.4 is 4.74 Å². The number of rotatable bonds is 3. The van der Waals surface area contributed by atoms with Crippen molar-refractivity contribution in [2.45, 2.75) is 27.7 Å². The number of benzene rings is 3. The van der Waals surface area contributed by atoms with Crippen molar-refractivity contribution in [2.75, 3.05) is 0 Å². The number of aromatic nitrogens is 3. The molecule has 0 atom stereocenters. The molecule has 0 spiro atoms. The number of phenols is 1.